The summed E-state index contributed by atoms with van der Waals surface area (Å²) in [4.78, 5) is 13.8. The molecule has 3 nitrogen and oxygen atoms in total. The zero-order valence-electron chi connectivity index (χ0n) is 5.07. The molecule has 0 aromatic carbocycles. The number of carbonyl (C=O) groups is 1. The minimum Gasteiger partial charge on any atom is -0.504 e. The highest BCUT2D eigenvalue weighted by atomic mass is 16.5. The van der Waals surface area contributed by atoms with Gasteiger partial charge in [0.15, 0.2) is 0 Å². The molecular weight excluding hydrogens is 118 g/mol. The van der Waals surface area contributed by atoms with Crippen molar-refractivity contribution in [1.82, 2.24) is 0 Å². The van der Waals surface area contributed by atoms with Crippen molar-refractivity contribution < 1.29 is 9.53 Å². The van der Waals surface area contributed by atoms with E-state index in [2.05, 4.69) is 9.73 Å². The Morgan fingerprint density at radius 1 is 1.89 bits per heavy atom. The zero-order chi connectivity index (χ0) is 6.69. The van der Waals surface area contributed by atoms with Gasteiger partial charge in [0, 0.05) is 11.8 Å². The molecule has 1 atom stereocenters. The van der Waals surface area contributed by atoms with Gasteiger partial charge in [-0.1, -0.05) is 0 Å². The van der Waals surface area contributed by atoms with Crippen LogP contribution in [0.1, 0.15) is 0 Å². The normalized spacial score (nSPS) is 27.7. The number of aldehydes is 1. The Bertz CT molecular complexity index is 172. The third kappa shape index (κ3) is 0.988. The lowest BCUT2D eigenvalue weighted by Gasteiger charge is -2.13. The van der Waals surface area contributed by atoms with Crippen LogP contribution in [0.2, 0.25) is 0 Å². The molecule has 1 heterocycles. The molecule has 0 fully saturated rings. The number of ether oxygens (including phenoxy) is 1. The lowest BCUT2D eigenvalue weighted by molar-refractivity contribution is -0.108. The summed E-state index contributed by atoms with van der Waals surface area (Å²) in [6.07, 6.45) is 3.92. The summed E-state index contributed by atoms with van der Waals surface area (Å²) < 4.78 is 4.67. The molecular formula is C6H7NO2. The monoisotopic (exact) mass is 125 g/mol. The van der Waals surface area contributed by atoms with E-state index in [4.69, 9.17) is 0 Å². The minimum absolute atomic E-state index is 0.273. The molecule has 0 saturated carbocycles. The molecule has 0 aromatic heterocycles. The predicted molar refractivity (Wildman–Crippen MR) is 33.4 cm³/mol. The SMILES string of the molecule is COC=C1C=NC1C=O. The first-order chi connectivity index (χ1) is 4.38. The zero-order valence-corrected chi connectivity index (χ0v) is 5.07. The summed E-state index contributed by atoms with van der Waals surface area (Å²) in [7, 11) is 1.54. The van der Waals surface area contributed by atoms with E-state index in [1.165, 1.54) is 6.26 Å². The van der Waals surface area contributed by atoms with E-state index in [0.29, 0.717) is 0 Å². The van der Waals surface area contributed by atoms with Gasteiger partial charge in [0.05, 0.1) is 13.4 Å². The Morgan fingerprint density at radius 3 is 3.00 bits per heavy atom. The van der Waals surface area contributed by atoms with Crippen LogP contribution in [0.3, 0.4) is 0 Å². The van der Waals surface area contributed by atoms with E-state index in [1.54, 1.807) is 13.3 Å². The summed E-state index contributed by atoms with van der Waals surface area (Å²) in [5.41, 5.74) is 0.840. The van der Waals surface area contributed by atoms with E-state index in [9.17, 15) is 4.79 Å². The van der Waals surface area contributed by atoms with Crippen LogP contribution in [-0.2, 0) is 9.53 Å². The van der Waals surface area contributed by atoms with Crippen LogP contribution in [0.25, 0.3) is 0 Å². The highest BCUT2D eigenvalue weighted by Crippen LogP contribution is 2.10. The molecule has 0 spiro atoms. The van der Waals surface area contributed by atoms with E-state index in [-0.39, 0.29) is 6.04 Å². The van der Waals surface area contributed by atoms with Gasteiger partial charge in [0.2, 0.25) is 0 Å². The molecule has 0 radical (unpaired) electrons. The maximum atomic E-state index is 10.1. The first-order valence-corrected chi connectivity index (χ1v) is 2.60. The van der Waals surface area contributed by atoms with Gasteiger partial charge in [-0.05, 0) is 0 Å². The Balaban J connectivity index is 2.57. The molecule has 1 aliphatic rings. The Labute approximate surface area is 53.0 Å². The van der Waals surface area contributed by atoms with Crippen molar-refractivity contribution in [3.05, 3.63) is 11.8 Å². The van der Waals surface area contributed by atoms with Gasteiger partial charge in [-0.25, -0.2) is 0 Å². The minimum atomic E-state index is -0.273. The molecule has 0 amide bonds. The Hall–Kier alpha value is -1.12. The number of hydrogen-bond acceptors (Lipinski definition) is 3. The van der Waals surface area contributed by atoms with Crippen LogP contribution >= 0.6 is 0 Å². The standard InChI is InChI=1S/C6H7NO2/c1-9-4-5-2-7-6(5)3-8/h2-4,6H,1H3. The molecule has 1 aliphatic heterocycles. The van der Waals surface area contributed by atoms with Gasteiger partial charge in [0.25, 0.3) is 0 Å². The van der Waals surface area contributed by atoms with Crippen molar-refractivity contribution in [3.63, 3.8) is 0 Å². The lowest BCUT2D eigenvalue weighted by atomic mass is 10.1. The summed E-state index contributed by atoms with van der Waals surface area (Å²) in [6.45, 7) is 0. The van der Waals surface area contributed by atoms with Gasteiger partial charge in [0.1, 0.15) is 12.3 Å². The van der Waals surface area contributed by atoms with Crippen LogP contribution in [-0.4, -0.2) is 25.7 Å². The van der Waals surface area contributed by atoms with Gasteiger partial charge < -0.3 is 9.53 Å². The molecule has 1 unspecified atom stereocenters. The van der Waals surface area contributed by atoms with Crippen molar-refractivity contribution in [2.75, 3.05) is 7.11 Å². The lowest BCUT2D eigenvalue weighted by Crippen LogP contribution is -2.20. The fourth-order valence-corrected chi connectivity index (χ4v) is 0.597. The number of rotatable bonds is 2. The number of carbonyl (C=O) groups excluding carboxylic acids is 1. The van der Waals surface area contributed by atoms with Gasteiger partial charge in [-0.2, -0.15) is 0 Å². The smallest absolute Gasteiger partial charge is 0.149 e. The quantitative estimate of drug-likeness (QED) is 0.389. The largest absolute Gasteiger partial charge is 0.504 e. The summed E-state index contributed by atoms with van der Waals surface area (Å²) in [5.74, 6) is 0. The predicted octanol–water partition coefficient (Wildman–Crippen LogP) is 0.169. The van der Waals surface area contributed by atoms with Gasteiger partial charge in [-0.3, -0.25) is 4.99 Å². The fourth-order valence-electron chi connectivity index (χ4n) is 0.597. The number of methoxy groups -OCH3 is 1. The number of nitrogens with zero attached hydrogens (tertiary/aromatic N) is 1. The molecule has 0 saturated heterocycles. The second-order valence-corrected chi connectivity index (χ2v) is 1.71. The molecule has 0 N–H and O–H groups in total. The van der Waals surface area contributed by atoms with Crippen LogP contribution in [0.5, 0.6) is 0 Å². The maximum absolute atomic E-state index is 10.1. The highest BCUT2D eigenvalue weighted by molar-refractivity contribution is 5.94. The molecule has 0 bridgehead atoms. The summed E-state index contributed by atoms with van der Waals surface area (Å²) in [6, 6.07) is -0.273. The van der Waals surface area contributed by atoms with Crippen LogP contribution in [0, 0.1) is 0 Å². The maximum Gasteiger partial charge on any atom is 0.149 e. The first kappa shape index (κ1) is 6.01. The first-order valence-electron chi connectivity index (χ1n) is 2.60. The number of hydrogen-bond donors (Lipinski definition) is 0. The molecule has 0 aromatic rings. The Kier molecular flexibility index (Phi) is 1.63. The fraction of sp³-hybridized carbons (Fsp3) is 0.333. The van der Waals surface area contributed by atoms with Crippen molar-refractivity contribution in [1.29, 1.82) is 0 Å². The third-order valence-corrected chi connectivity index (χ3v) is 1.11. The topological polar surface area (TPSA) is 38.7 Å². The second kappa shape index (κ2) is 2.44. The van der Waals surface area contributed by atoms with Gasteiger partial charge in [-0.15, -0.1) is 0 Å². The van der Waals surface area contributed by atoms with Gasteiger partial charge >= 0.3 is 0 Å². The molecule has 48 valence electrons. The van der Waals surface area contributed by atoms with E-state index < -0.39 is 0 Å². The molecule has 3 heteroatoms. The summed E-state index contributed by atoms with van der Waals surface area (Å²) >= 11 is 0. The Morgan fingerprint density at radius 2 is 2.67 bits per heavy atom. The van der Waals surface area contributed by atoms with Crippen molar-refractivity contribution >= 4 is 12.5 Å². The van der Waals surface area contributed by atoms with Crippen molar-refractivity contribution in [3.8, 4) is 0 Å². The van der Waals surface area contributed by atoms with Crippen LogP contribution < -0.4 is 0 Å². The van der Waals surface area contributed by atoms with E-state index in [1.807, 2.05) is 0 Å². The van der Waals surface area contributed by atoms with Crippen molar-refractivity contribution in [2.24, 2.45) is 4.99 Å². The van der Waals surface area contributed by atoms with Crippen LogP contribution in [0.4, 0.5) is 0 Å². The average molecular weight is 125 g/mol. The number of aliphatic imine (C=N–C) groups is 1. The van der Waals surface area contributed by atoms with Crippen molar-refractivity contribution in [2.45, 2.75) is 6.04 Å². The molecule has 0 aliphatic carbocycles. The molecule has 9 heavy (non-hydrogen) atoms. The third-order valence-electron chi connectivity index (χ3n) is 1.11. The molecule has 1 rings (SSSR count). The average Bonchev–Trinajstić information content (AvgIpc) is 1.82. The van der Waals surface area contributed by atoms with Crippen LogP contribution in [0.15, 0.2) is 16.8 Å². The highest BCUT2D eigenvalue weighted by Gasteiger charge is 2.17. The second-order valence-electron chi connectivity index (χ2n) is 1.71. The van der Waals surface area contributed by atoms with E-state index >= 15 is 0 Å². The van der Waals surface area contributed by atoms with E-state index in [0.717, 1.165) is 11.9 Å². The summed E-state index contributed by atoms with van der Waals surface area (Å²) in [5, 5.41) is 0.